The molecule has 2 aromatic carbocycles. The average molecular weight is 565 g/mol. The smallest absolute Gasteiger partial charge is 0.422 e. The number of carbonyl (C=O) groups excluding carboxylic acids is 2. The molecular weight excluding hydrogens is 539 g/mol. The number of aromatic nitrogens is 1. The summed E-state index contributed by atoms with van der Waals surface area (Å²) in [5.41, 5.74) is -0.730. The van der Waals surface area contributed by atoms with Gasteiger partial charge in [-0.05, 0) is 55.5 Å². The summed E-state index contributed by atoms with van der Waals surface area (Å²) in [5, 5.41) is 7.28. The number of nitrogens with one attached hydrogen (secondary N) is 3. The Labute approximate surface area is 227 Å². The third-order valence-corrected chi connectivity index (χ3v) is 6.54. The normalized spacial score (nSPS) is 14.8. The highest BCUT2D eigenvalue weighted by Gasteiger charge is 2.37. The molecule has 1 aliphatic heterocycles. The Morgan fingerprint density at radius 2 is 1.64 bits per heavy atom. The van der Waals surface area contributed by atoms with Crippen LogP contribution in [-0.4, -0.2) is 54.4 Å². The fourth-order valence-electron chi connectivity index (χ4n) is 3.98. The van der Waals surface area contributed by atoms with Crippen LogP contribution >= 0.6 is 11.6 Å². The molecule has 39 heavy (non-hydrogen) atoms. The van der Waals surface area contributed by atoms with Crippen molar-refractivity contribution in [2.45, 2.75) is 13.1 Å². The number of likely N-dealkylation sites (N-methyl/N-ethyl adjacent to an activating group) is 1. The summed E-state index contributed by atoms with van der Waals surface area (Å²) in [6, 6.07) is 11.8. The average Bonchev–Trinajstić information content (AvgIpc) is 2.91. The molecule has 0 atom stereocenters. The molecule has 0 aliphatic carbocycles. The van der Waals surface area contributed by atoms with Crippen LogP contribution in [0.2, 0.25) is 5.02 Å². The molecule has 4 rings (SSSR count). The first-order valence-electron chi connectivity index (χ1n) is 12.0. The Hall–Kier alpha value is -3.87. The number of pyridine rings is 1. The quantitative estimate of drug-likeness (QED) is 0.293. The van der Waals surface area contributed by atoms with Crippen LogP contribution in [0.4, 0.5) is 40.0 Å². The van der Waals surface area contributed by atoms with E-state index in [9.17, 15) is 22.8 Å². The molecule has 1 saturated heterocycles. The number of urea groups is 2. The minimum atomic E-state index is -4.65. The molecule has 3 N–H and O–H groups in total. The highest BCUT2D eigenvalue weighted by atomic mass is 35.5. The van der Waals surface area contributed by atoms with Gasteiger partial charge in [-0.25, -0.2) is 19.1 Å². The van der Waals surface area contributed by atoms with Crippen LogP contribution in [-0.2, 0) is 10.9 Å². The lowest BCUT2D eigenvalue weighted by molar-refractivity contribution is -0.855. The van der Waals surface area contributed by atoms with Gasteiger partial charge in [0.25, 0.3) is 0 Å². The van der Waals surface area contributed by atoms with E-state index in [-0.39, 0.29) is 16.2 Å². The predicted octanol–water partition coefficient (Wildman–Crippen LogP) is 6.59. The van der Waals surface area contributed by atoms with Crippen LogP contribution in [0.1, 0.15) is 12.5 Å². The van der Waals surface area contributed by atoms with Crippen LogP contribution in [0.25, 0.3) is 0 Å². The number of anilines is 3. The third-order valence-electron chi connectivity index (χ3n) is 6.21. The second-order valence-electron chi connectivity index (χ2n) is 8.73. The van der Waals surface area contributed by atoms with Crippen LogP contribution in [0.3, 0.4) is 0 Å². The number of ether oxygens (including phenoxy) is 2. The minimum Gasteiger partial charge on any atom is -0.457 e. The van der Waals surface area contributed by atoms with Gasteiger partial charge in [0, 0.05) is 23.6 Å². The van der Waals surface area contributed by atoms with Crippen LogP contribution in [0.5, 0.6) is 11.5 Å². The van der Waals surface area contributed by atoms with E-state index in [0.717, 1.165) is 12.1 Å². The fraction of sp³-hybridized carbons (Fsp3) is 0.269. The van der Waals surface area contributed by atoms with Crippen molar-refractivity contribution in [3.63, 3.8) is 0 Å². The topological polar surface area (TPSA) is 102 Å². The van der Waals surface area contributed by atoms with Crippen molar-refractivity contribution in [1.29, 1.82) is 0 Å². The number of amides is 4. The van der Waals surface area contributed by atoms with Crippen molar-refractivity contribution in [2.24, 2.45) is 0 Å². The molecular formula is C26H26ClF3N5O4+. The number of alkyl halides is 3. The number of nitrogens with zero attached hydrogens (tertiary/aromatic N) is 2. The molecule has 0 saturated carbocycles. The largest absolute Gasteiger partial charge is 0.457 e. The zero-order chi connectivity index (χ0) is 28.0. The van der Waals surface area contributed by atoms with E-state index < -0.39 is 22.8 Å². The van der Waals surface area contributed by atoms with Crippen LogP contribution < -0.4 is 20.7 Å². The number of hydrogen-bond donors (Lipinski definition) is 3. The van der Waals surface area contributed by atoms with Gasteiger partial charge in [0.2, 0.25) is 0 Å². The molecule has 206 valence electrons. The lowest BCUT2D eigenvalue weighted by Crippen LogP contribution is -2.60. The summed E-state index contributed by atoms with van der Waals surface area (Å²) in [5.74, 6) is 1.23. The zero-order valence-corrected chi connectivity index (χ0v) is 21.6. The standard InChI is InChI=1S/C26H25ClF3N5O4/c1-2-35(11-13-38-14-12-35)25(37)34-23-16-20(9-10-31-23)39-19-6-3-17(4-7-19)32-24(36)33-18-5-8-22(27)21(15-18)26(28,29)30/h3-10,15-16H,2,11-14H2,1H3,(H2-,31,32,33,34,36,37)/p+1. The van der Waals surface area contributed by atoms with Gasteiger partial charge in [-0.3, -0.25) is 5.32 Å². The first-order valence-corrected chi connectivity index (χ1v) is 12.4. The van der Waals surface area contributed by atoms with Crippen molar-refractivity contribution >= 4 is 40.9 Å². The molecule has 1 aliphatic rings. The maximum absolute atomic E-state index is 13.0. The number of quaternary nitrogens is 1. The van der Waals surface area contributed by atoms with Crippen LogP contribution in [0, 0.1) is 0 Å². The number of halogens is 4. The Balaban J connectivity index is 1.34. The van der Waals surface area contributed by atoms with Crippen molar-refractivity contribution < 1.29 is 36.7 Å². The van der Waals surface area contributed by atoms with Gasteiger partial charge in [0.15, 0.2) is 0 Å². The molecule has 13 heteroatoms. The molecule has 2 heterocycles. The second kappa shape index (κ2) is 11.9. The summed E-state index contributed by atoms with van der Waals surface area (Å²) in [6.07, 6.45) is -3.13. The fourth-order valence-corrected chi connectivity index (χ4v) is 4.21. The molecule has 1 fully saturated rings. The number of morpholine rings is 1. The molecule has 0 unspecified atom stereocenters. The Bertz CT molecular complexity index is 1330. The van der Waals surface area contributed by atoms with Gasteiger partial charge in [-0.15, -0.1) is 0 Å². The van der Waals surface area contributed by atoms with Crippen LogP contribution in [0.15, 0.2) is 60.8 Å². The highest BCUT2D eigenvalue weighted by molar-refractivity contribution is 6.31. The Kier molecular flexibility index (Phi) is 8.58. The molecule has 4 amide bonds. The van der Waals surface area contributed by atoms with Crippen molar-refractivity contribution in [2.75, 3.05) is 48.8 Å². The van der Waals surface area contributed by atoms with E-state index in [2.05, 4.69) is 20.9 Å². The van der Waals surface area contributed by atoms with Gasteiger partial charge >= 0.3 is 18.2 Å². The Morgan fingerprint density at radius 1 is 0.974 bits per heavy atom. The zero-order valence-electron chi connectivity index (χ0n) is 20.8. The first-order chi connectivity index (χ1) is 18.6. The van der Waals surface area contributed by atoms with Gasteiger partial charge in [0.1, 0.15) is 30.4 Å². The van der Waals surface area contributed by atoms with Gasteiger partial charge in [0.05, 0.1) is 30.3 Å². The molecule has 3 aromatic rings. The number of carbonyl (C=O) groups is 2. The van der Waals surface area contributed by atoms with E-state index in [0.29, 0.717) is 55.9 Å². The lowest BCUT2D eigenvalue weighted by Gasteiger charge is -2.37. The van der Waals surface area contributed by atoms with E-state index in [1.807, 2.05) is 6.92 Å². The summed E-state index contributed by atoms with van der Waals surface area (Å²) in [4.78, 5) is 29.4. The van der Waals surface area contributed by atoms with Gasteiger partial charge in [-0.1, -0.05) is 11.6 Å². The minimum absolute atomic E-state index is 0.0646. The lowest BCUT2D eigenvalue weighted by atomic mass is 10.2. The summed E-state index contributed by atoms with van der Waals surface area (Å²) in [6.45, 7) is 4.81. The monoisotopic (exact) mass is 564 g/mol. The Morgan fingerprint density at radius 3 is 2.31 bits per heavy atom. The molecule has 9 nitrogen and oxygen atoms in total. The molecule has 1 aromatic heterocycles. The maximum Gasteiger partial charge on any atom is 0.422 e. The first kappa shape index (κ1) is 28.1. The second-order valence-corrected chi connectivity index (χ2v) is 9.13. The van der Waals surface area contributed by atoms with Gasteiger partial charge in [-0.2, -0.15) is 13.2 Å². The number of rotatable bonds is 6. The maximum atomic E-state index is 13.0. The number of hydrogen-bond acceptors (Lipinski definition) is 5. The third kappa shape index (κ3) is 7.16. The summed E-state index contributed by atoms with van der Waals surface area (Å²) in [7, 11) is 0. The van der Waals surface area contributed by atoms with E-state index >= 15 is 0 Å². The van der Waals surface area contributed by atoms with Crippen molar-refractivity contribution in [3.8, 4) is 11.5 Å². The number of benzene rings is 2. The van der Waals surface area contributed by atoms with E-state index in [1.54, 1.807) is 36.4 Å². The van der Waals surface area contributed by atoms with E-state index in [1.165, 1.54) is 12.3 Å². The highest BCUT2D eigenvalue weighted by Crippen LogP contribution is 2.36. The van der Waals surface area contributed by atoms with E-state index in [4.69, 9.17) is 21.1 Å². The summed E-state index contributed by atoms with van der Waals surface area (Å²) >= 11 is 5.61. The molecule has 0 radical (unpaired) electrons. The molecule has 0 bridgehead atoms. The van der Waals surface area contributed by atoms with Gasteiger partial charge < -0.3 is 20.1 Å². The predicted molar refractivity (Wildman–Crippen MR) is 140 cm³/mol. The summed E-state index contributed by atoms with van der Waals surface area (Å²) < 4.78 is 50.6. The molecule has 0 spiro atoms. The van der Waals surface area contributed by atoms with Crippen molar-refractivity contribution in [1.82, 2.24) is 4.98 Å². The SMILES string of the molecule is CC[N+]1(C(=O)Nc2cc(Oc3ccc(NC(=O)Nc4ccc(Cl)c(C(F)(F)F)c4)cc3)ccn2)CCOCC1. The van der Waals surface area contributed by atoms with Crippen molar-refractivity contribution in [3.05, 3.63) is 71.4 Å².